The van der Waals surface area contributed by atoms with Crippen molar-refractivity contribution in [2.24, 2.45) is 10.8 Å². The van der Waals surface area contributed by atoms with Gasteiger partial charge >= 0.3 is 0 Å². The van der Waals surface area contributed by atoms with Gasteiger partial charge < -0.3 is 10.2 Å². The molecule has 100 valence electrons. The van der Waals surface area contributed by atoms with E-state index in [2.05, 4.69) is 11.4 Å². The fourth-order valence-electron chi connectivity index (χ4n) is 2.25. The van der Waals surface area contributed by atoms with Crippen molar-refractivity contribution in [1.82, 2.24) is 10.2 Å². The molecule has 5 heteroatoms. The number of hydrogen-bond acceptors (Lipinski definition) is 3. The molecule has 0 aliphatic carbocycles. The zero-order chi connectivity index (χ0) is 14.0. The minimum Gasteiger partial charge on any atom is -0.359 e. The van der Waals surface area contributed by atoms with Crippen molar-refractivity contribution in [2.75, 3.05) is 20.1 Å². The Balaban J connectivity index is 2.83. The van der Waals surface area contributed by atoms with Crippen LogP contribution in [0.3, 0.4) is 0 Å². The summed E-state index contributed by atoms with van der Waals surface area (Å²) in [5.41, 5.74) is -1.51. The summed E-state index contributed by atoms with van der Waals surface area (Å²) in [6, 6.07) is 2.08. The molecule has 0 aromatic rings. The second-order valence-corrected chi connectivity index (χ2v) is 5.41. The van der Waals surface area contributed by atoms with Gasteiger partial charge in [0, 0.05) is 20.1 Å². The molecule has 0 saturated carbocycles. The average Bonchev–Trinajstić information content (AvgIpc) is 2.79. The Morgan fingerprint density at radius 2 is 2.17 bits per heavy atom. The summed E-state index contributed by atoms with van der Waals surface area (Å²) in [6.45, 7) is 6.28. The van der Waals surface area contributed by atoms with E-state index in [1.165, 1.54) is 0 Å². The molecule has 0 spiro atoms. The Hall–Kier alpha value is -1.57. The van der Waals surface area contributed by atoms with Crippen molar-refractivity contribution in [3.05, 3.63) is 0 Å². The molecule has 0 radical (unpaired) electrons. The van der Waals surface area contributed by atoms with Crippen molar-refractivity contribution in [3.8, 4) is 6.07 Å². The highest BCUT2D eigenvalue weighted by molar-refractivity contribution is 5.88. The maximum Gasteiger partial charge on any atom is 0.242 e. The highest BCUT2D eigenvalue weighted by Crippen LogP contribution is 2.33. The van der Waals surface area contributed by atoms with Gasteiger partial charge in [-0.25, -0.2) is 0 Å². The Morgan fingerprint density at radius 1 is 1.56 bits per heavy atom. The Bertz CT molecular complexity index is 402. The van der Waals surface area contributed by atoms with E-state index in [0.29, 0.717) is 25.9 Å². The lowest BCUT2D eigenvalue weighted by atomic mass is 9.87. The van der Waals surface area contributed by atoms with Gasteiger partial charge in [-0.1, -0.05) is 6.92 Å². The molecular weight excluding hydrogens is 230 g/mol. The molecule has 0 aromatic carbocycles. The van der Waals surface area contributed by atoms with Crippen LogP contribution in [0.2, 0.25) is 0 Å². The summed E-state index contributed by atoms with van der Waals surface area (Å²) in [7, 11) is 1.60. The largest absolute Gasteiger partial charge is 0.359 e. The fourth-order valence-corrected chi connectivity index (χ4v) is 2.25. The van der Waals surface area contributed by atoms with E-state index in [4.69, 9.17) is 5.26 Å². The van der Waals surface area contributed by atoms with Gasteiger partial charge in [-0.15, -0.1) is 0 Å². The molecule has 1 heterocycles. The van der Waals surface area contributed by atoms with E-state index >= 15 is 0 Å². The van der Waals surface area contributed by atoms with Crippen molar-refractivity contribution >= 4 is 11.8 Å². The summed E-state index contributed by atoms with van der Waals surface area (Å²) >= 11 is 0. The number of nitrogens with zero attached hydrogens (tertiary/aromatic N) is 2. The Labute approximate surface area is 108 Å². The summed E-state index contributed by atoms with van der Waals surface area (Å²) in [4.78, 5) is 25.7. The van der Waals surface area contributed by atoms with E-state index in [-0.39, 0.29) is 11.8 Å². The molecule has 1 rings (SSSR count). The van der Waals surface area contributed by atoms with E-state index < -0.39 is 10.8 Å². The first kappa shape index (κ1) is 14.5. The van der Waals surface area contributed by atoms with Crippen molar-refractivity contribution in [1.29, 1.82) is 5.26 Å². The lowest BCUT2D eigenvalue weighted by Gasteiger charge is -2.27. The molecule has 18 heavy (non-hydrogen) atoms. The van der Waals surface area contributed by atoms with Gasteiger partial charge in [0.1, 0.15) is 5.41 Å². The topological polar surface area (TPSA) is 73.2 Å². The van der Waals surface area contributed by atoms with E-state index in [1.807, 2.05) is 13.8 Å². The number of amides is 2. The Kier molecular flexibility index (Phi) is 4.00. The molecule has 2 atom stereocenters. The first-order valence-electron chi connectivity index (χ1n) is 6.26. The average molecular weight is 251 g/mol. The van der Waals surface area contributed by atoms with E-state index in [1.54, 1.807) is 18.9 Å². The van der Waals surface area contributed by atoms with Crippen LogP contribution in [-0.2, 0) is 9.59 Å². The smallest absolute Gasteiger partial charge is 0.242 e. The van der Waals surface area contributed by atoms with Crippen LogP contribution in [0.15, 0.2) is 0 Å². The minimum absolute atomic E-state index is 0.0482. The van der Waals surface area contributed by atoms with Crippen LogP contribution in [0.5, 0.6) is 0 Å². The number of carbonyl (C=O) groups excluding carboxylic acids is 2. The monoisotopic (exact) mass is 251 g/mol. The second kappa shape index (κ2) is 4.97. The number of hydrogen-bond donors (Lipinski definition) is 1. The molecule has 0 aromatic heterocycles. The predicted octanol–water partition coefficient (Wildman–Crippen LogP) is 0.911. The van der Waals surface area contributed by atoms with Gasteiger partial charge in [0.05, 0.1) is 11.5 Å². The van der Waals surface area contributed by atoms with Crippen LogP contribution in [0.4, 0.5) is 0 Å². The summed E-state index contributed by atoms with van der Waals surface area (Å²) < 4.78 is 0. The third-order valence-corrected chi connectivity index (χ3v) is 3.96. The van der Waals surface area contributed by atoms with Crippen molar-refractivity contribution in [2.45, 2.75) is 33.6 Å². The number of likely N-dealkylation sites (tertiary alicyclic amines) is 1. The SMILES string of the molecule is CCC(C)(C#N)C(=O)N1CCC(C)(C(=O)NC)C1. The van der Waals surface area contributed by atoms with Crippen LogP contribution >= 0.6 is 0 Å². The summed E-state index contributed by atoms with van der Waals surface area (Å²) in [6.07, 6.45) is 1.12. The van der Waals surface area contributed by atoms with Gasteiger partial charge in [-0.2, -0.15) is 5.26 Å². The van der Waals surface area contributed by atoms with Crippen LogP contribution in [0.1, 0.15) is 33.6 Å². The lowest BCUT2D eigenvalue weighted by Crippen LogP contribution is -2.44. The Morgan fingerprint density at radius 3 is 2.61 bits per heavy atom. The molecule has 1 fully saturated rings. The van der Waals surface area contributed by atoms with Crippen molar-refractivity contribution < 1.29 is 9.59 Å². The fraction of sp³-hybridized carbons (Fsp3) is 0.769. The van der Waals surface area contributed by atoms with Crippen LogP contribution in [-0.4, -0.2) is 36.9 Å². The second-order valence-electron chi connectivity index (χ2n) is 5.41. The maximum atomic E-state index is 12.3. The van der Waals surface area contributed by atoms with Gasteiger partial charge in [0.15, 0.2) is 0 Å². The van der Waals surface area contributed by atoms with E-state index in [9.17, 15) is 9.59 Å². The molecule has 2 amide bonds. The molecular formula is C13H21N3O2. The quantitative estimate of drug-likeness (QED) is 0.810. The highest BCUT2D eigenvalue weighted by Gasteiger charge is 2.45. The lowest BCUT2D eigenvalue weighted by molar-refractivity contribution is -0.138. The summed E-state index contributed by atoms with van der Waals surface area (Å²) in [5, 5.41) is 11.8. The van der Waals surface area contributed by atoms with Crippen LogP contribution in [0, 0.1) is 22.2 Å². The predicted molar refractivity (Wildman–Crippen MR) is 67.4 cm³/mol. The first-order chi connectivity index (χ1) is 8.33. The third-order valence-electron chi connectivity index (χ3n) is 3.96. The number of nitrogens with one attached hydrogen (secondary N) is 1. The van der Waals surface area contributed by atoms with Gasteiger partial charge in [-0.3, -0.25) is 9.59 Å². The zero-order valence-corrected chi connectivity index (χ0v) is 11.5. The molecule has 1 aliphatic heterocycles. The van der Waals surface area contributed by atoms with E-state index in [0.717, 1.165) is 0 Å². The molecule has 1 N–H and O–H groups in total. The normalized spacial score (nSPS) is 26.3. The first-order valence-corrected chi connectivity index (χ1v) is 6.26. The zero-order valence-electron chi connectivity index (χ0n) is 11.5. The standard InChI is InChI=1S/C13H21N3O2/c1-5-12(2,8-14)11(18)16-7-6-13(3,9-16)10(17)15-4/h5-7,9H2,1-4H3,(H,15,17). The van der Waals surface area contributed by atoms with Crippen LogP contribution < -0.4 is 5.32 Å². The van der Waals surface area contributed by atoms with Gasteiger partial charge in [-0.05, 0) is 26.7 Å². The van der Waals surface area contributed by atoms with Gasteiger partial charge in [0.25, 0.3) is 0 Å². The minimum atomic E-state index is -0.978. The van der Waals surface area contributed by atoms with Crippen LogP contribution in [0.25, 0.3) is 0 Å². The molecule has 5 nitrogen and oxygen atoms in total. The molecule has 1 aliphatic rings. The number of carbonyl (C=O) groups is 2. The highest BCUT2D eigenvalue weighted by atomic mass is 16.2. The van der Waals surface area contributed by atoms with Crippen molar-refractivity contribution in [3.63, 3.8) is 0 Å². The third kappa shape index (κ3) is 2.33. The molecule has 0 bridgehead atoms. The maximum absolute atomic E-state index is 12.3. The molecule has 2 unspecified atom stereocenters. The molecule has 1 saturated heterocycles. The summed E-state index contributed by atoms with van der Waals surface area (Å²) in [5.74, 6) is -0.215. The number of rotatable bonds is 3. The number of nitriles is 1. The van der Waals surface area contributed by atoms with Gasteiger partial charge in [0.2, 0.25) is 11.8 Å².